The second kappa shape index (κ2) is 3.77. The minimum absolute atomic E-state index is 0.205. The van der Waals surface area contributed by atoms with Gasteiger partial charge in [0.25, 0.3) is 0 Å². The fraction of sp³-hybridized carbons (Fsp3) is 0.500. The molecule has 0 spiro atoms. The number of benzene rings is 1. The molecule has 16 heavy (non-hydrogen) atoms. The first kappa shape index (κ1) is 11.5. The molecule has 0 aliphatic heterocycles. The number of halogens is 3. The summed E-state index contributed by atoms with van der Waals surface area (Å²) in [4.78, 5) is 0. The van der Waals surface area contributed by atoms with Gasteiger partial charge in [0, 0.05) is 0 Å². The molecule has 1 N–H and O–H groups in total. The van der Waals surface area contributed by atoms with Crippen LogP contribution in [-0.4, -0.2) is 11.2 Å². The lowest BCUT2D eigenvalue weighted by molar-refractivity contribution is -0.137. The highest BCUT2D eigenvalue weighted by Gasteiger charge is 2.41. The Bertz CT molecular complexity index is 367. The molecular formula is C12H13F3O. The van der Waals surface area contributed by atoms with Crippen LogP contribution in [0.5, 0.6) is 0 Å². The summed E-state index contributed by atoms with van der Waals surface area (Å²) in [7, 11) is 0. The van der Waals surface area contributed by atoms with Gasteiger partial charge in [-0.15, -0.1) is 0 Å². The largest absolute Gasteiger partial charge is 0.416 e. The van der Waals surface area contributed by atoms with E-state index in [1.165, 1.54) is 12.1 Å². The van der Waals surface area contributed by atoms with Crippen molar-refractivity contribution in [2.75, 3.05) is 0 Å². The molecule has 1 aliphatic rings. The second-order valence-corrected chi connectivity index (χ2v) is 4.37. The molecule has 1 fully saturated rings. The normalized spacial score (nSPS) is 26.6. The van der Waals surface area contributed by atoms with E-state index < -0.39 is 11.7 Å². The molecule has 2 rings (SSSR count). The molecule has 3 unspecified atom stereocenters. The van der Waals surface area contributed by atoms with Crippen molar-refractivity contribution in [3.05, 3.63) is 35.4 Å². The van der Waals surface area contributed by atoms with Crippen molar-refractivity contribution < 1.29 is 18.3 Å². The van der Waals surface area contributed by atoms with Gasteiger partial charge in [0.05, 0.1) is 11.7 Å². The molecular weight excluding hydrogens is 217 g/mol. The first-order chi connectivity index (χ1) is 7.39. The third-order valence-corrected chi connectivity index (χ3v) is 3.13. The molecule has 0 heterocycles. The molecule has 0 saturated heterocycles. The Labute approximate surface area is 91.9 Å². The Morgan fingerprint density at radius 2 is 1.81 bits per heavy atom. The third kappa shape index (κ3) is 2.21. The third-order valence-electron chi connectivity index (χ3n) is 3.13. The number of hydrogen-bond donors (Lipinski definition) is 1. The van der Waals surface area contributed by atoms with Gasteiger partial charge >= 0.3 is 6.18 Å². The molecule has 1 aromatic carbocycles. The van der Waals surface area contributed by atoms with Gasteiger partial charge in [-0.25, -0.2) is 0 Å². The molecule has 88 valence electrons. The number of alkyl halides is 3. The Balaban J connectivity index is 2.10. The molecule has 0 aromatic heterocycles. The number of hydrogen-bond acceptors (Lipinski definition) is 1. The Kier molecular flexibility index (Phi) is 2.70. The highest BCUT2D eigenvalue weighted by molar-refractivity contribution is 5.31. The summed E-state index contributed by atoms with van der Waals surface area (Å²) in [6, 6.07) is 5.23. The van der Waals surface area contributed by atoms with Crippen LogP contribution >= 0.6 is 0 Å². The highest BCUT2D eigenvalue weighted by atomic mass is 19.4. The fourth-order valence-corrected chi connectivity index (χ4v) is 2.05. The van der Waals surface area contributed by atoms with Crippen molar-refractivity contribution >= 4 is 0 Å². The zero-order valence-electron chi connectivity index (χ0n) is 8.83. The van der Waals surface area contributed by atoms with E-state index in [1.54, 1.807) is 6.92 Å². The van der Waals surface area contributed by atoms with E-state index in [1.807, 2.05) is 0 Å². The lowest BCUT2D eigenvalue weighted by Crippen LogP contribution is -2.05. The van der Waals surface area contributed by atoms with Crippen LogP contribution in [0, 0.1) is 5.92 Å². The summed E-state index contributed by atoms with van der Waals surface area (Å²) in [6.45, 7) is 1.72. The summed E-state index contributed by atoms with van der Waals surface area (Å²) in [5.74, 6) is 0.430. The Morgan fingerprint density at radius 3 is 2.19 bits per heavy atom. The van der Waals surface area contributed by atoms with E-state index in [0.29, 0.717) is 0 Å². The maximum absolute atomic E-state index is 12.3. The molecule has 1 nitrogen and oxygen atoms in total. The zero-order chi connectivity index (χ0) is 11.9. The van der Waals surface area contributed by atoms with Gasteiger partial charge in [-0.1, -0.05) is 12.1 Å². The predicted molar refractivity (Wildman–Crippen MR) is 54.0 cm³/mol. The van der Waals surface area contributed by atoms with E-state index in [9.17, 15) is 18.3 Å². The topological polar surface area (TPSA) is 20.2 Å². The minimum Gasteiger partial charge on any atom is -0.393 e. The smallest absolute Gasteiger partial charge is 0.393 e. The van der Waals surface area contributed by atoms with Gasteiger partial charge in [-0.05, 0) is 42.9 Å². The van der Waals surface area contributed by atoms with E-state index >= 15 is 0 Å². The number of rotatable bonds is 2. The Morgan fingerprint density at radius 1 is 1.25 bits per heavy atom. The van der Waals surface area contributed by atoms with Crippen LogP contribution in [0.25, 0.3) is 0 Å². The summed E-state index contributed by atoms with van der Waals surface area (Å²) in [5.41, 5.74) is 0.268. The van der Waals surface area contributed by atoms with Crippen molar-refractivity contribution in [1.82, 2.24) is 0 Å². The van der Waals surface area contributed by atoms with Crippen LogP contribution in [0.4, 0.5) is 13.2 Å². The van der Waals surface area contributed by atoms with E-state index in [0.717, 1.165) is 24.1 Å². The number of aliphatic hydroxyl groups excluding tert-OH is 1. The fourth-order valence-electron chi connectivity index (χ4n) is 2.05. The SMILES string of the molecule is CC(O)C1CC1c1ccc(C(F)(F)F)cc1. The molecule has 3 atom stereocenters. The predicted octanol–water partition coefficient (Wildman–Crippen LogP) is 3.19. The van der Waals surface area contributed by atoms with Crippen molar-refractivity contribution in [2.45, 2.75) is 31.5 Å². The molecule has 0 bridgehead atoms. The molecule has 0 amide bonds. The van der Waals surface area contributed by atoms with Gasteiger partial charge in [0.15, 0.2) is 0 Å². The van der Waals surface area contributed by atoms with Gasteiger partial charge in [0.2, 0.25) is 0 Å². The van der Waals surface area contributed by atoms with E-state index in [-0.39, 0.29) is 17.9 Å². The lowest BCUT2D eigenvalue weighted by Gasteiger charge is -2.08. The standard InChI is InChI=1S/C12H13F3O/c1-7(16)10-6-11(10)8-2-4-9(5-3-8)12(13,14)15/h2-5,7,10-11,16H,6H2,1H3. The summed E-state index contributed by atoms with van der Waals surface area (Å²) >= 11 is 0. The van der Waals surface area contributed by atoms with Crippen LogP contribution < -0.4 is 0 Å². The van der Waals surface area contributed by atoms with Gasteiger partial charge in [0.1, 0.15) is 0 Å². The van der Waals surface area contributed by atoms with E-state index in [4.69, 9.17) is 0 Å². The minimum atomic E-state index is -4.27. The first-order valence-electron chi connectivity index (χ1n) is 5.25. The van der Waals surface area contributed by atoms with Crippen molar-refractivity contribution in [3.8, 4) is 0 Å². The van der Waals surface area contributed by atoms with Crippen molar-refractivity contribution in [3.63, 3.8) is 0 Å². The average molecular weight is 230 g/mol. The van der Waals surface area contributed by atoms with Crippen LogP contribution in [0.15, 0.2) is 24.3 Å². The van der Waals surface area contributed by atoms with Crippen LogP contribution in [-0.2, 0) is 6.18 Å². The number of aliphatic hydroxyl groups is 1. The molecule has 4 heteroatoms. The summed E-state index contributed by atoms with van der Waals surface area (Å²) in [5, 5.41) is 9.33. The molecule has 1 aliphatic carbocycles. The quantitative estimate of drug-likeness (QED) is 0.827. The molecule has 0 radical (unpaired) electrons. The average Bonchev–Trinajstić information content (AvgIpc) is 2.96. The van der Waals surface area contributed by atoms with E-state index in [2.05, 4.69) is 0 Å². The molecule has 1 saturated carbocycles. The zero-order valence-corrected chi connectivity index (χ0v) is 8.83. The van der Waals surface area contributed by atoms with Crippen LogP contribution in [0.3, 0.4) is 0 Å². The van der Waals surface area contributed by atoms with Crippen molar-refractivity contribution in [1.29, 1.82) is 0 Å². The molecule has 1 aromatic rings. The van der Waals surface area contributed by atoms with Crippen molar-refractivity contribution in [2.24, 2.45) is 5.92 Å². The van der Waals surface area contributed by atoms with Crippen LogP contribution in [0.2, 0.25) is 0 Å². The second-order valence-electron chi connectivity index (χ2n) is 4.37. The van der Waals surface area contributed by atoms with Crippen LogP contribution in [0.1, 0.15) is 30.4 Å². The Hall–Kier alpha value is -1.03. The summed E-state index contributed by atoms with van der Waals surface area (Å²) in [6.07, 6.45) is -3.79. The lowest BCUT2D eigenvalue weighted by atomic mass is 10.1. The highest BCUT2D eigenvalue weighted by Crippen LogP contribution is 2.49. The maximum Gasteiger partial charge on any atom is 0.416 e. The van der Waals surface area contributed by atoms with Gasteiger partial charge < -0.3 is 5.11 Å². The monoisotopic (exact) mass is 230 g/mol. The maximum atomic E-state index is 12.3. The summed E-state index contributed by atoms with van der Waals surface area (Å²) < 4.78 is 36.9. The first-order valence-corrected chi connectivity index (χ1v) is 5.25. The van der Waals surface area contributed by atoms with Gasteiger partial charge in [-0.2, -0.15) is 13.2 Å². The van der Waals surface area contributed by atoms with Gasteiger partial charge in [-0.3, -0.25) is 0 Å².